The highest BCUT2D eigenvalue weighted by Gasteiger charge is 2.24. The number of benzene rings is 2. The number of carbonyl (C=O) groups is 2. The molecule has 1 heterocycles. The van der Waals surface area contributed by atoms with Gasteiger partial charge in [0.1, 0.15) is 12.0 Å². The Hall–Kier alpha value is -3.56. The first-order valence-corrected chi connectivity index (χ1v) is 12.1. The van der Waals surface area contributed by atoms with E-state index < -0.39 is 0 Å². The topological polar surface area (TPSA) is 85.0 Å². The maximum atomic E-state index is 13.4. The molecule has 0 unspecified atom stereocenters. The van der Waals surface area contributed by atoms with Gasteiger partial charge < -0.3 is 9.53 Å². The number of ketones is 1. The van der Waals surface area contributed by atoms with E-state index in [0.717, 1.165) is 30.4 Å². The number of unbranched alkanes of at least 4 members (excludes halogenated alkanes) is 1. The number of hydrogen-bond donors (Lipinski definition) is 0. The number of nitriles is 1. The molecule has 182 valence electrons. The third-order valence-electron chi connectivity index (χ3n) is 6.05. The summed E-state index contributed by atoms with van der Waals surface area (Å²) in [5, 5.41) is 14.0. The fourth-order valence-corrected chi connectivity index (χ4v) is 4.23. The monoisotopic (exact) mass is 471 g/mol. The minimum absolute atomic E-state index is 0.0180. The Labute approximate surface area is 207 Å². The molecule has 1 aromatic heterocycles. The third kappa shape index (κ3) is 7.21. The van der Waals surface area contributed by atoms with Crippen LogP contribution in [0.3, 0.4) is 0 Å². The standard InChI is InChI=1S/C29H33N3O3/c1-21-8-6-10-24(16-21)20-35-15-5-4-12-26-28(27(34)17-22(2)13-14-33)29(31-32(26)3)25-11-7-9-23(18-25)19-30/h6-11,14,16,18,22H,4-5,12-13,15,17,20H2,1-3H3/t22-/m1/s1. The summed E-state index contributed by atoms with van der Waals surface area (Å²) >= 11 is 0. The van der Waals surface area contributed by atoms with Crippen molar-refractivity contribution in [1.82, 2.24) is 9.78 Å². The van der Waals surface area contributed by atoms with Gasteiger partial charge in [0.25, 0.3) is 0 Å². The molecule has 0 saturated heterocycles. The van der Waals surface area contributed by atoms with Crippen LogP contribution in [0.15, 0.2) is 48.5 Å². The van der Waals surface area contributed by atoms with Crippen LogP contribution in [0, 0.1) is 24.2 Å². The molecule has 0 aliphatic rings. The summed E-state index contributed by atoms with van der Waals surface area (Å²) in [6.45, 7) is 5.21. The first-order chi connectivity index (χ1) is 16.9. The van der Waals surface area contributed by atoms with Crippen molar-refractivity contribution in [3.63, 3.8) is 0 Å². The van der Waals surface area contributed by atoms with Crippen LogP contribution in [-0.4, -0.2) is 28.5 Å². The number of aldehydes is 1. The van der Waals surface area contributed by atoms with Crippen molar-refractivity contribution in [3.05, 3.63) is 76.5 Å². The largest absolute Gasteiger partial charge is 0.377 e. The molecule has 3 rings (SSSR count). The Morgan fingerprint density at radius 2 is 2.00 bits per heavy atom. The molecule has 6 heteroatoms. The van der Waals surface area contributed by atoms with Gasteiger partial charge >= 0.3 is 0 Å². The predicted molar refractivity (Wildman–Crippen MR) is 136 cm³/mol. The van der Waals surface area contributed by atoms with Crippen LogP contribution >= 0.6 is 0 Å². The van der Waals surface area contributed by atoms with E-state index in [1.807, 2.05) is 26.1 Å². The summed E-state index contributed by atoms with van der Waals surface area (Å²) in [5.41, 5.74) is 5.73. The molecule has 0 N–H and O–H groups in total. The maximum absolute atomic E-state index is 13.4. The van der Waals surface area contributed by atoms with Gasteiger partial charge in [-0.25, -0.2) is 0 Å². The molecule has 1 atom stereocenters. The first-order valence-electron chi connectivity index (χ1n) is 12.1. The second kappa shape index (κ2) is 12.8. The number of aromatic nitrogens is 2. The van der Waals surface area contributed by atoms with Gasteiger partial charge in [-0.15, -0.1) is 0 Å². The molecule has 0 fully saturated rings. The second-order valence-electron chi connectivity index (χ2n) is 9.12. The molecular formula is C29H33N3O3. The van der Waals surface area contributed by atoms with Crippen LogP contribution < -0.4 is 0 Å². The third-order valence-corrected chi connectivity index (χ3v) is 6.05. The number of hydrogen-bond acceptors (Lipinski definition) is 5. The molecule has 0 spiro atoms. The highest BCUT2D eigenvalue weighted by Crippen LogP contribution is 2.29. The fraction of sp³-hybridized carbons (Fsp3) is 0.379. The lowest BCUT2D eigenvalue weighted by Crippen LogP contribution is -2.11. The molecule has 0 bridgehead atoms. The van der Waals surface area contributed by atoms with Crippen molar-refractivity contribution >= 4 is 12.1 Å². The lowest BCUT2D eigenvalue weighted by atomic mass is 9.93. The van der Waals surface area contributed by atoms with E-state index in [1.165, 1.54) is 11.1 Å². The van der Waals surface area contributed by atoms with E-state index in [9.17, 15) is 14.9 Å². The van der Waals surface area contributed by atoms with Gasteiger partial charge in [0, 0.05) is 37.8 Å². The zero-order valence-electron chi connectivity index (χ0n) is 20.8. The molecule has 0 aliphatic carbocycles. The summed E-state index contributed by atoms with van der Waals surface area (Å²) in [5.74, 6) is -0.0584. The molecule has 6 nitrogen and oxygen atoms in total. The van der Waals surface area contributed by atoms with Crippen LogP contribution in [0.5, 0.6) is 0 Å². The second-order valence-corrected chi connectivity index (χ2v) is 9.12. The smallest absolute Gasteiger partial charge is 0.167 e. The number of ether oxygens (including phenoxy) is 1. The fourth-order valence-electron chi connectivity index (χ4n) is 4.23. The van der Waals surface area contributed by atoms with Gasteiger partial charge in [-0.05, 0) is 49.8 Å². The van der Waals surface area contributed by atoms with Crippen molar-refractivity contribution in [2.75, 3.05) is 6.61 Å². The minimum atomic E-state index is -0.0404. The Morgan fingerprint density at radius 1 is 1.20 bits per heavy atom. The lowest BCUT2D eigenvalue weighted by Gasteiger charge is -2.10. The van der Waals surface area contributed by atoms with Crippen LogP contribution in [0.2, 0.25) is 0 Å². The zero-order valence-corrected chi connectivity index (χ0v) is 20.8. The van der Waals surface area contributed by atoms with Crippen molar-refractivity contribution in [2.24, 2.45) is 13.0 Å². The van der Waals surface area contributed by atoms with Gasteiger partial charge in [0.15, 0.2) is 5.78 Å². The average molecular weight is 472 g/mol. The molecule has 0 aliphatic heterocycles. The van der Waals surface area contributed by atoms with Gasteiger partial charge in [-0.1, -0.05) is 48.9 Å². The normalized spacial score (nSPS) is 11.7. The number of carbonyl (C=O) groups excluding carboxylic acids is 2. The van der Waals surface area contributed by atoms with E-state index in [1.54, 1.807) is 22.9 Å². The van der Waals surface area contributed by atoms with Gasteiger partial charge in [-0.3, -0.25) is 9.48 Å². The molecule has 3 aromatic rings. The molecule has 0 radical (unpaired) electrons. The van der Waals surface area contributed by atoms with Gasteiger partial charge in [0.2, 0.25) is 0 Å². The number of aryl methyl sites for hydroxylation is 2. The first kappa shape index (κ1) is 26.1. The molecule has 0 amide bonds. The van der Waals surface area contributed by atoms with Crippen molar-refractivity contribution in [2.45, 2.75) is 52.6 Å². The van der Waals surface area contributed by atoms with E-state index in [2.05, 4.69) is 36.3 Å². The van der Waals surface area contributed by atoms with E-state index in [4.69, 9.17) is 4.74 Å². The summed E-state index contributed by atoms with van der Waals surface area (Å²) in [6.07, 6.45) is 3.90. The van der Waals surface area contributed by atoms with E-state index in [-0.39, 0.29) is 18.1 Å². The van der Waals surface area contributed by atoms with Crippen LogP contribution in [0.1, 0.15) is 65.3 Å². The van der Waals surface area contributed by atoms with Crippen molar-refractivity contribution in [1.29, 1.82) is 5.26 Å². The molecular weight excluding hydrogens is 438 g/mol. The number of nitrogens with zero attached hydrogens (tertiary/aromatic N) is 3. The highest BCUT2D eigenvalue weighted by molar-refractivity contribution is 6.03. The molecule has 2 aromatic carbocycles. The average Bonchev–Trinajstić information content (AvgIpc) is 3.17. The Morgan fingerprint density at radius 3 is 2.74 bits per heavy atom. The zero-order chi connectivity index (χ0) is 25.2. The Balaban J connectivity index is 1.73. The molecule has 0 saturated carbocycles. The van der Waals surface area contributed by atoms with Crippen LogP contribution in [0.25, 0.3) is 11.3 Å². The minimum Gasteiger partial charge on any atom is -0.377 e. The van der Waals surface area contributed by atoms with Crippen LogP contribution in [0.4, 0.5) is 0 Å². The quantitative estimate of drug-likeness (QED) is 0.184. The summed E-state index contributed by atoms with van der Waals surface area (Å²) in [7, 11) is 1.85. The predicted octanol–water partition coefficient (Wildman–Crippen LogP) is 5.60. The van der Waals surface area contributed by atoms with Crippen molar-refractivity contribution < 1.29 is 14.3 Å². The number of rotatable bonds is 13. The van der Waals surface area contributed by atoms with Gasteiger partial charge in [0.05, 0.1) is 23.8 Å². The van der Waals surface area contributed by atoms with E-state index in [0.29, 0.717) is 42.9 Å². The SMILES string of the molecule is Cc1cccc(COCCCCc2c(C(=O)C[C@H](C)CC=O)c(-c3cccc(C#N)c3)nn2C)c1. The van der Waals surface area contributed by atoms with Crippen molar-refractivity contribution in [3.8, 4) is 17.3 Å². The maximum Gasteiger partial charge on any atom is 0.167 e. The van der Waals surface area contributed by atoms with E-state index >= 15 is 0 Å². The lowest BCUT2D eigenvalue weighted by molar-refractivity contribution is -0.108. The molecule has 35 heavy (non-hydrogen) atoms. The highest BCUT2D eigenvalue weighted by atomic mass is 16.5. The van der Waals surface area contributed by atoms with Crippen LogP contribution in [-0.2, 0) is 29.6 Å². The summed E-state index contributed by atoms with van der Waals surface area (Å²) in [4.78, 5) is 24.3. The summed E-state index contributed by atoms with van der Waals surface area (Å²) in [6, 6.07) is 17.6. The van der Waals surface area contributed by atoms with Gasteiger partial charge in [-0.2, -0.15) is 10.4 Å². The Kier molecular flexibility index (Phi) is 9.51. The number of Topliss-reactive ketones (excluding diaryl/α,β-unsaturated/α-hetero) is 1. The summed E-state index contributed by atoms with van der Waals surface area (Å²) < 4.78 is 7.62. The Bertz CT molecular complexity index is 1210.